The first-order valence-corrected chi connectivity index (χ1v) is 8.28. The van der Waals surface area contributed by atoms with Gasteiger partial charge in [-0.05, 0) is 18.8 Å². The molecule has 0 radical (unpaired) electrons. The molecule has 2 aromatic rings. The Kier molecular flexibility index (Phi) is 4.98. The molecule has 21 heavy (non-hydrogen) atoms. The highest BCUT2D eigenvalue weighted by Gasteiger charge is 2.24. The summed E-state index contributed by atoms with van der Waals surface area (Å²) in [4.78, 5) is 4.75. The summed E-state index contributed by atoms with van der Waals surface area (Å²) in [5.74, 6) is 6.22. The molecule has 3 rings (SSSR count). The van der Waals surface area contributed by atoms with E-state index in [-0.39, 0.29) is 6.04 Å². The molecule has 0 amide bonds. The summed E-state index contributed by atoms with van der Waals surface area (Å²) in [6, 6.07) is 10.5. The highest BCUT2D eigenvalue weighted by atomic mass is 32.1. The van der Waals surface area contributed by atoms with Crippen molar-refractivity contribution in [3.8, 4) is 11.3 Å². The van der Waals surface area contributed by atoms with Crippen molar-refractivity contribution in [1.29, 1.82) is 0 Å². The monoisotopic (exact) mass is 303 g/mol. The van der Waals surface area contributed by atoms with Crippen molar-refractivity contribution in [2.45, 2.75) is 25.3 Å². The Morgan fingerprint density at radius 2 is 2.24 bits per heavy atom. The van der Waals surface area contributed by atoms with Gasteiger partial charge in [-0.2, -0.15) is 0 Å². The van der Waals surface area contributed by atoms with Crippen LogP contribution in [0.15, 0.2) is 35.7 Å². The highest BCUT2D eigenvalue weighted by Crippen LogP contribution is 2.25. The molecular weight excluding hydrogens is 282 g/mol. The van der Waals surface area contributed by atoms with E-state index in [1.54, 1.807) is 11.3 Å². The van der Waals surface area contributed by atoms with Crippen LogP contribution >= 0.6 is 11.3 Å². The second kappa shape index (κ2) is 7.13. The number of hydrogen-bond donors (Lipinski definition) is 2. The van der Waals surface area contributed by atoms with Gasteiger partial charge in [0.25, 0.3) is 0 Å². The fourth-order valence-electron chi connectivity index (χ4n) is 2.78. The number of benzene rings is 1. The normalized spacial score (nSPS) is 20.3. The zero-order chi connectivity index (χ0) is 14.5. The van der Waals surface area contributed by atoms with Gasteiger partial charge in [0.05, 0.1) is 17.3 Å². The van der Waals surface area contributed by atoms with Crippen LogP contribution < -0.4 is 11.3 Å². The second-order valence-corrected chi connectivity index (χ2v) is 6.39. The van der Waals surface area contributed by atoms with Crippen molar-refractivity contribution in [1.82, 2.24) is 10.4 Å². The molecule has 0 aliphatic carbocycles. The molecule has 0 saturated carbocycles. The lowest BCUT2D eigenvalue weighted by Gasteiger charge is -2.29. The van der Waals surface area contributed by atoms with Crippen molar-refractivity contribution < 1.29 is 4.74 Å². The number of hydrogen-bond acceptors (Lipinski definition) is 5. The molecular formula is C16H21N3OS. The lowest BCUT2D eigenvalue weighted by atomic mass is 9.92. The molecule has 0 spiro atoms. The van der Waals surface area contributed by atoms with Crippen LogP contribution in [0.4, 0.5) is 0 Å². The largest absolute Gasteiger partial charge is 0.381 e. The first-order valence-electron chi connectivity index (χ1n) is 7.40. The first kappa shape index (κ1) is 14.7. The highest BCUT2D eigenvalue weighted by molar-refractivity contribution is 7.09. The van der Waals surface area contributed by atoms with Gasteiger partial charge < -0.3 is 4.74 Å². The van der Waals surface area contributed by atoms with E-state index in [4.69, 9.17) is 15.6 Å². The molecule has 0 bridgehead atoms. The predicted octanol–water partition coefficient (Wildman–Crippen LogP) is 2.61. The standard InChI is InChI=1S/C16H21N3OS/c17-19-14(13-7-4-8-20-10-13)9-16-18-15(11-21-16)12-5-2-1-3-6-12/h1-3,5-6,11,13-14,19H,4,7-10,17H2. The van der Waals surface area contributed by atoms with Crippen molar-refractivity contribution in [3.63, 3.8) is 0 Å². The van der Waals surface area contributed by atoms with E-state index in [9.17, 15) is 0 Å². The van der Waals surface area contributed by atoms with Crippen LogP contribution in [0.25, 0.3) is 11.3 Å². The molecule has 2 atom stereocenters. The van der Waals surface area contributed by atoms with Crippen LogP contribution in [0.2, 0.25) is 0 Å². The Hall–Kier alpha value is -1.27. The summed E-state index contributed by atoms with van der Waals surface area (Å²) in [7, 11) is 0. The van der Waals surface area contributed by atoms with Crippen molar-refractivity contribution in [3.05, 3.63) is 40.7 Å². The van der Waals surface area contributed by atoms with E-state index in [0.717, 1.165) is 36.8 Å². The molecule has 1 saturated heterocycles. The van der Waals surface area contributed by atoms with E-state index in [1.165, 1.54) is 12.0 Å². The van der Waals surface area contributed by atoms with Gasteiger partial charge in [0.1, 0.15) is 0 Å². The minimum atomic E-state index is 0.236. The zero-order valence-corrected chi connectivity index (χ0v) is 12.8. The minimum absolute atomic E-state index is 0.236. The van der Waals surface area contributed by atoms with Gasteiger partial charge in [0.2, 0.25) is 0 Å². The van der Waals surface area contributed by atoms with Gasteiger partial charge >= 0.3 is 0 Å². The number of nitrogens with one attached hydrogen (secondary N) is 1. The van der Waals surface area contributed by atoms with E-state index in [0.29, 0.717) is 5.92 Å². The summed E-state index contributed by atoms with van der Waals surface area (Å²) < 4.78 is 5.56. The number of aromatic nitrogens is 1. The summed E-state index contributed by atoms with van der Waals surface area (Å²) >= 11 is 1.70. The van der Waals surface area contributed by atoms with Crippen LogP contribution in [0.3, 0.4) is 0 Å². The number of nitrogens with two attached hydrogens (primary N) is 1. The summed E-state index contributed by atoms with van der Waals surface area (Å²) in [5, 5.41) is 3.25. The predicted molar refractivity (Wildman–Crippen MR) is 85.9 cm³/mol. The Balaban J connectivity index is 1.68. The Labute approximate surface area is 129 Å². The quantitative estimate of drug-likeness (QED) is 0.658. The van der Waals surface area contributed by atoms with Crippen LogP contribution in [-0.4, -0.2) is 24.2 Å². The molecule has 2 unspecified atom stereocenters. The van der Waals surface area contributed by atoms with Crippen LogP contribution in [-0.2, 0) is 11.2 Å². The van der Waals surface area contributed by atoms with E-state index in [1.807, 2.05) is 18.2 Å². The van der Waals surface area contributed by atoms with Crippen molar-refractivity contribution in [2.75, 3.05) is 13.2 Å². The molecule has 5 heteroatoms. The lowest BCUT2D eigenvalue weighted by Crippen LogP contribution is -2.45. The number of rotatable bonds is 5. The molecule has 1 aliphatic heterocycles. The molecule has 2 heterocycles. The maximum absolute atomic E-state index is 5.74. The molecule has 1 fully saturated rings. The number of ether oxygens (including phenoxy) is 1. The zero-order valence-electron chi connectivity index (χ0n) is 12.0. The molecule has 4 nitrogen and oxygen atoms in total. The van der Waals surface area contributed by atoms with Crippen LogP contribution in [0, 0.1) is 5.92 Å². The third-order valence-electron chi connectivity index (χ3n) is 3.99. The van der Waals surface area contributed by atoms with Gasteiger partial charge in [0.15, 0.2) is 0 Å². The van der Waals surface area contributed by atoms with Crippen LogP contribution in [0.1, 0.15) is 17.8 Å². The Bertz CT molecular complexity index is 552. The Morgan fingerprint density at radius 3 is 2.95 bits per heavy atom. The first-order chi connectivity index (χ1) is 10.4. The molecule has 1 aliphatic rings. The molecule has 1 aromatic heterocycles. The molecule has 3 N–H and O–H groups in total. The topological polar surface area (TPSA) is 60.2 Å². The second-order valence-electron chi connectivity index (χ2n) is 5.45. The van der Waals surface area contributed by atoms with E-state index >= 15 is 0 Å². The molecule has 112 valence electrons. The van der Waals surface area contributed by atoms with Gasteiger partial charge in [0, 0.05) is 30.0 Å². The number of thiazole rings is 1. The smallest absolute Gasteiger partial charge is 0.0948 e. The van der Waals surface area contributed by atoms with Gasteiger partial charge in [-0.25, -0.2) is 4.98 Å². The average molecular weight is 303 g/mol. The number of hydrazine groups is 1. The van der Waals surface area contributed by atoms with E-state index < -0.39 is 0 Å². The van der Waals surface area contributed by atoms with Crippen molar-refractivity contribution in [2.24, 2.45) is 11.8 Å². The maximum Gasteiger partial charge on any atom is 0.0948 e. The summed E-state index contributed by atoms with van der Waals surface area (Å²) in [6.45, 7) is 1.68. The fraction of sp³-hybridized carbons (Fsp3) is 0.438. The van der Waals surface area contributed by atoms with Gasteiger partial charge in [-0.3, -0.25) is 11.3 Å². The van der Waals surface area contributed by atoms with Crippen molar-refractivity contribution >= 4 is 11.3 Å². The minimum Gasteiger partial charge on any atom is -0.381 e. The third-order valence-corrected chi connectivity index (χ3v) is 4.87. The third kappa shape index (κ3) is 3.68. The number of nitrogens with zero attached hydrogens (tertiary/aromatic N) is 1. The SMILES string of the molecule is NNC(Cc1nc(-c2ccccc2)cs1)C1CCCOC1. The molecule has 1 aromatic carbocycles. The van der Waals surface area contributed by atoms with Crippen LogP contribution in [0.5, 0.6) is 0 Å². The average Bonchev–Trinajstić information content (AvgIpc) is 3.03. The summed E-state index contributed by atoms with van der Waals surface area (Å²) in [5.41, 5.74) is 5.17. The van der Waals surface area contributed by atoms with Gasteiger partial charge in [-0.15, -0.1) is 11.3 Å². The Morgan fingerprint density at radius 1 is 1.38 bits per heavy atom. The lowest BCUT2D eigenvalue weighted by molar-refractivity contribution is 0.0393. The maximum atomic E-state index is 5.74. The van der Waals surface area contributed by atoms with E-state index in [2.05, 4.69) is 22.9 Å². The van der Waals surface area contributed by atoms with Gasteiger partial charge in [-0.1, -0.05) is 30.3 Å². The summed E-state index contributed by atoms with van der Waals surface area (Å²) in [6.07, 6.45) is 3.16. The fourth-order valence-corrected chi connectivity index (χ4v) is 3.64.